The molecule has 6 nitrogen and oxygen atoms in total. The third kappa shape index (κ3) is 1.36. The molecule has 1 aromatic rings. The second-order valence-electron chi connectivity index (χ2n) is 2.94. The number of hydrogen-bond acceptors (Lipinski definition) is 5. The maximum absolute atomic E-state index is 11.5. The number of rotatable bonds is 1. The second kappa shape index (κ2) is 3.04. The molecule has 1 aliphatic heterocycles. The summed E-state index contributed by atoms with van der Waals surface area (Å²) in [5.41, 5.74) is 0. The minimum atomic E-state index is -3.23. The lowest BCUT2D eigenvalue weighted by Crippen LogP contribution is -2.21. The summed E-state index contributed by atoms with van der Waals surface area (Å²) >= 11 is 0. The Labute approximate surface area is 80.2 Å². The highest BCUT2D eigenvalue weighted by atomic mass is 32.2. The lowest BCUT2D eigenvalue weighted by Gasteiger charge is -2.12. The summed E-state index contributed by atoms with van der Waals surface area (Å²) in [7, 11) is -3.23. The Morgan fingerprint density at radius 3 is 3.00 bits per heavy atom. The number of sulfone groups is 1. The number of isocyanates is 1. The monoisotopic (exact) mass is 213 g/mol. The largest absolute Gasteiger partial charge is 0.252 e. The van der Waals surface area contributed by atoms with Gasteiger partial charge in [-0.1, -0.05) is 0 Å². The molecule has 1 aromatic heterocycles. The van der Waals surface area contributed by atoms with Crippen molar-refractivity contribution in [3.8, 4) is 0 Å². The molecule has 0 saturated heterocycles. The molecule has 7 heteroatoms. The number of aryl methyl sites for hydroxylation is 1. The van der Waals surface area contributed by atoms with Gasteiger partial charge >= 0.3 is 0 Å². The third-order valence-corrected chi connectivity index (χ3v) is 3.78. The van der Waals surface area contributed by atoms with Crippen LogP contribution in [0.15, 0.2) is 16.1 Å². The Kier molecular flexibility index (Phi) is 1.98. The highest BCUT2D eigenvalue weighted by molar-refractivity contribution is 7.91. The van der Waals surface area contributed by atoms with Crippen LogP contribution < -0.4 is 0 Å². The van der Waals surface area contributed by atoms with Gasteiger partial charge in [0, 0.05) is 12.6 Å². The number of hydrogen-bond donors (Lipinski definition) is 0. The molecule has 2 heterocycles. The predicted octanol–water partition coefficient (Wildman–Crippen LogP) is 0.0278. The third-order valence-electron chi connectivity index (χ3n) is 1.99. The first-order valence-electron chi connectivity index (χ1n) is 4.02. The average Bonchev–Trinajstić information content (AvgIpc) is 2.49. The van der Waals surface area contributed by atoms with E-state index >= 15 is 0 Å². The van der Waals surface area contributed by atoms with E-state index in [1.807, 2.05) is 0 Å². The van der Waals surface area contributed by atoms with Crippen molar-refractivity contribution in [3.05, 3.63) is 6.07 Å². The molecule has 0 atom stereocenters. The average molecular weight is 213 g/mol. The summed E-state index contributed by atoms with van der Waals surface area (Å²) in [5, 5.41) is 3.98. The Morgan fingerprint density at radius 1 is 1.57 bits per heavy atom. The maximum atomic E-state index is 11.5. The van der Waals surface area contributed by atoms with Gasteiger partial charge in [-0.15, -0.1) is 4.99 Å². The first kappa shape index (κ1) is 9.11. The number of carbonyl (C=O) groups excluding carboxylic acids is 1. The van der Waals surface area contributed by atoms with Gasteiger partial charge in [0.15, 0.2) is 20.7 Å². The number of fused-ring (bicyclic) bond motifs is 1. The zero-order chi connectivity index (χ0) is 10.2. The molecule has 0 N–H and O–H groups in total. The summed E-state index contributed by atoms with van der Waals surface area (Å²) < 4.78 is 24.3. The van der Waals surface area contributed by atoms with Crippen LogP contribution in [0.4, 0.5) is 5.82 Å². The van der Waals surface area contributed by atoms with Crippen molar-refractivity contribution < 1.29 is 13.2 Å². The van der Waals surface area contributed by atoms with E-state index in [0.717, 1.165) is 0 Å². The first-order chi connectivity index (χ1) is 6.63. The summed E-state index contributed by atoms with van der Waals surface area (Å²) in [6.07, 6.45) is 1.87. The Morgan fingerprint density at radius 2 is 2.36 bits per heavy atom. The standard InChI is InChI=1S/C7H7N3O3S/c11-5-8-6-4-7-10(9-6)2-1-3-14(7,12)13/h4H,1-3H2. The van der Waals surface area contributed by atoms with Gasteiger partial charge in [-0.3, -0.25) is 4.68 Å². The summed E-state index contributed by atoms with van der Waals surface area (Å²) in [6, 6.07) is 1.29. The summed E-state index contributed by atoms with van der Waals surface area (Å²) in [4.78, 5) is 13.2. The number of aliphatic imine (C=N–C) groups is 1. The van der Waals surface area contributed by atoms with Crippen LogP contribution in [-0.2, 0) is 21.2 Å². The van der Waals surface area contributed by atoms with E-state index in [9.17, 15) is 13.2 Å². The highest BCUT2D eigenvalue weighted by Gasteiger charge is 2.25. The molecule has 0 spiro atoms. The zero-order valence-electron chi connectivity index (χ0n) is 7.17. The predicted molar refractivity (Wildman–Crippen MR) is 46.7 cm³/mol. The topological polar surface area (TPSA) is 81.4 Å². The van der Waals surface area contributed by atoms with Crippen molar-refractivity contribution in [1.82, 2.24) is 9.78 Å². The molecular formula is C7H7N3O3S. The van der Waals surface area contributed by atoms with Gasteiger partial charge in [0.05, 0.1) is 5.75 Å². The van der Waals surface area contributed by atoms with Gasteiger partial charge in [-0.25, -0.2) is 13.2 Å². The van der Waals surface area contributed by atoms with Crippen molar-refractivity contribution in [2.45, 2.75) is 18.0 Å². The van der Waals surface area contributed by atoms with Crippen LogP contribution in [0.2, 0.25) is 0 Å². The van der Waals surface area contributed by atoms with Crippen molar-refractivity contribution in [3.63, 3.8) is 0 Å². The van der Waals surface area contributed by atoms with E-state index in [2.05, 4.69) is 10.1 Å². The van der Waals surface area contributed by atoms with Crippen molar-refractivity contribution >= 4 is 21.7 Å². The zero-order valence-corrected chi connectivity index (χ0v) is 7.99. The van der Waals surface area contributed by atoms with Gasteiger partial charge in [-0.05, 0) is 6.42 Å². The molecule has 74 valence electrons. The molecule has 0 fully saturated rings. The fourth-order valence-electron chi connectivity index (χ4n) is 1.41. The summed E-state index contributed by atoms with van der Waals surface area (Å²) in [6.45, 7) is 0.545. The Hall–Kier alpha value is -1.46. The normalized spacial score (nSPS) is 18.3. The van der Waals surface area contributed by atoms with E-state index in [0.29, 0.717) is 13.0 Å². The van der Waals surface area contributed by atoms with Crippen LogP contribution >= 0.6 is 0 Å². The van der Waals surface area contributed by atoms with E-state index in [4.69, 9.17) is 0 Å². The molecule has 0 radical (unpaired) electrons. The SMILES string of the molecule is O=C=Nc1cc2n(n1)CCCS2(=O)=O. The van der Waals surface area contributed by atoms with Crippen LogP contribution in [0, 0.1) is 0 Å². The van der Waals surface area contributed by atoms with Crippen LogP contribution in [0.3, 0.4) is 0 Å². The lowest BCUT2D eigenvalue weighted by atomic mass is 10.5. The van der Waals surface area contributed by atoms with Crippen LogP contribution in [0.25, 0.3) is 0 Å². The Balaban J connectivity index is 2.60. The van der Waals surface area contributed by atoms with E-state index in [1.165, 1.54) is 16.8 Å². The molecular weight excluding hydrogens is 206 g/mol. The fourth-order valence-corrected chi connectivity index (χ4v) is 2.86. The van der Waals surface area contributed by atoms with Gasteiger partial charge in [0.25, 0.3) is 0 Å². The second-order valence-corrected chi connectivity index (χ2v) is 5.00. The van der Waals surface area contributed by atoms with Crippen molar-refractivity contribution in [2.24, 2.45) is 4.99 Å². The molecule has 0 aliphatic carbocycles. The van der Waals surface area contributed by atoms with Gasteiger partial charge in [0.2, 0.25) is 6.08 Å². The highest BCUT2D eigenvalue weighted by Crippen LogP contribution is 2.22. The smallest absolute Gasteiger partial charge is 0.242 e. The number of aromatic nitrogens is 2. The van der Waals surface area contributed by atoms with Gasteiger partial charge in [0.1, 0.15) is 0 Å². The first-order valence-corrected chi connectivity index (χ1v) is 5.67. The molecule has 0 bridgehead atoms. The van der Waals surface area contributed by atoms with E-state index < -0.39 is 9.84 Å². The molecule has 0 unspecified atom stereocenters. The summed E-state index contributed by atoms with van der Waals surface area (Å²) in [5.74, 6) is 0.226. The van der Waals surface area contributed by atoms with Crippen LogP contribution in [0.5, 0.6) is 0 Å². The van der Waals surface area contributed by atoms with Crippen LogP contribution in [0.1, 0.15) is 6.42 Å². The van der Waals surface area contributed by atoms with Crippen molar-refractivity contribution in [2.75, 3.05) is 5.75 Å². The minimum absolute atomic E-state index is 0.0977. The molecule has 0 saturated carbocycles. The van der Waals surface area contributed by atoms with E-state index in [1.54, 1.807) is 0 Å². The molecule has 14 heavy (non-hydrogen) atoms. The molecule has 0 aromatic carbocycles. The molecule has 0 amide bonds. The van der Waals surface area contributed by atoms with Gasteiger partial charge in [-0.2, -0.15) is 5.10 Å². The van der Waals surface area contributed by atoms with E-state index in [-0.39, 0.29) is 16.6 Å². The minimum Gasteiger partial charge on any atom is -0.252 e. The van der Waals surface area contributed by atoms with Crippen LogP contribution in [-0.4, -0.2) is 30.0 Å². The fraction of sp³-hybridized carbons (Fsp3) is 0.429. The molecule has 1 aliphatic rings. The van der Waals surface area contributed by atoms with Crippen molar-refractivity contribution in [1.29, 1.82) is 0 Å². The lowest BCUT2D eigenvalue weighted by molar-refractivity contribution is 0.503. The Bertz CT molecular complexity index is 510. The molecule has 2 rings (SSSR count). The quantitative estimate of drug-likeness (QED) is 0.486. The van der Waals surface area contributed by atoms with Gasteiger partial charge < -0.3 is 0 Å². The maximum Gasteiger partial charge on any atom is 0.242 e. The number of nitrogens with zero attached hydrogens (tertiary/aromatic N) is 3.